The highest BCUT2D eigenvalue weighted by Crippen LogP contribution is 2.26. The van der Waals surface area contributed by atoms with Crippen molar-refractivity contribution < 1.29 is 0 Å². The number of hydrogen-bond donors (Lipinski definition) is 1. The average molecular weight is 355 g/mol. The Hall–Kier alpha value is -1.13. The van der Waals surface area contributed by atoms with Crippen molar-refractivity contribution in [3.05, 3.63) is 44.8 Å². The lowest BCUT2D eigenvalue weighted by Crippen LogP contribution is -2.04. The molecular formula is C15H17BrClN3. The van der Waals surface area contributed by atoms with Crippen LogP contribution in [0.4, 0.5) is 11.5 Å². The van der Waals surface area contributed by atoms with Gasteiger partial charge in [-0.2, -0.15) is 0 Å². The molecule has 20 heavy (non-hydrogen) atoms. The van der Waals surface area contributed by atoms with Crippen molar-refractivity contribution in [2.24, 2.45) is 0 Å². The number of nitrogens with one attached hydrogen (secondary N) is 1. The lowest BCUT2D eigenvalue weighted by atomic mass is 10.2. The van der Waals surface area contributed by atoms with Gasteiger partial charge < -0.3 is 5.32 Å². The van der Waals surface area contributed by atoms with Gasteiger partial charge in [0.05, 0.1) is 0 Å². The first-order valence-corrected chi connectivity index (χ1v) is 7.74. The molecule has 0 aliphatic heterocycles. The molecule has 0 spiro atoms. The first-order valence-electron chi connectivity index (χ1n) is 6.57. The smallest absolute Gasteiger partial charge is 0.138 e. The molecule has 1 aromatic heterocycles. The van der Waals surface area contributed by atoms with Gasteiger partial charge in [-0.3, -0.25) is 0 Å². The second-order valence-corrected chi connectivity index (χ2v) is 6.07. The van der Waals surface area contributed by atoms with Gasteiger partial charge in [0.25, 0.3) is 0 Å². The molecule has 0 bridgehead atoms. The number of benzene rings is 1. The Morgan fingerprint density at radius 2 is 1.95 bits per heavy atom. The molecule has 0 saturated carbocycles. The van der Waals surface area contributed by atoms with E-state index in [1.54, 1.807) is 0 Å². The molecule has 1 N–H and O–H groups in total. The van der Waals surface area contributed by atoms with Gasteiger partial charge in [0.1, 0.15) is 16.8 Å². The molecular weight excluding hydrogens is 338 g/mol. The van der Waals surface area contributed by atoms with Gasteiger partial charge in [-0.1, -0.05) is 34.5 Å². The van der Waals surface area contributed by atoms with E-state index in [0.717, 1.165) is 40.2 Å². The molecule has 1 heterocycles. The van der Waals surface area contributed by atoms with Crippen LogP contribution in [-0.4, -0.2) is 9.97 Å². The van der Waals surface area contributed by atoms with Crippen LogP contribution in [-0.2, 0) is 6.42 Å². The molecule has 3 nitrogen and oxygen atoms in total. The summed E-state index contributed by atoms with van der Waals surface area (Å²) in [5.41, 5.74) is 3.02. The third-order valence-corrected chi connectivity index (χ3v) is 3.74. The van der Waals surface area contributed by atoms with Gasteiger partial charge in [-0.25, -0.2) is 9.97 Å². The summed E-state index contributed by atoms with van der Waals surface area (Å²) in [4.78, 5) is 8.86. The molecule has 0 saturated heterocycles. The molecule has 0 aliphatic carbocycles. The Balaban J connectivity index is 2.36. The molecule has 1 aromatic carbocycles. The topological polar surface area (TPSA) is 37.8 Å². The molecule has 2 rings (SSSR count). The van der Waals surface area contributed by atoms with Crippen molar-refractivity contribution in [3.8, 4) is 0 Å². The van der Waals surface area contributed by atoms with E-state index in [9.17, 15) is 0 Å². The monoisotopic (exact) mass is 353 g/mol. The maximum absolute atomic E-state index is 6.18. The van der Waals surface area contributed by atoms with Gasteiger partial charge in [0.2, 0.25) is 0 Å². The minimum Gasteiger partial charge on any atom is -0.340 e. The van der Waals surface area contributed by atoms with Crippen LogP contribution in [0.3, 0.4) is 0 Å². The largest absolute Gasteiger partial charge is 0.340 e. The second-order valence-electron chi connectivity index (χ2n) is 4.80. The summed E-state index contributed by atoms with van der Waals surface area (Å²) in [5, 5.41) is 3.84. The zero-order valence-electron chi connectivity index (χ0n) is 11.8. The van der Waals surface area contributed by atoms with Crippen LogP contribution >= 0.6 is 27.5 Å². The highest BCUT2D eigenvalue weighted by molar-refractivity contribution is 9.10. The van der Waals surface area contributed by atoms with Crippen LogP contribution < -0.4 is 5.32 Å². The Labute approximate surface area is 132 Å². The highest BCUT2D eigenvalue weighted by Gasteiger charge is 2.09. The quantitative estimate of drug-likeness (QED) is 0.766. The van der Waals surface area contributed by atoms with Crippen LogP contribution in [0.15, 0.2) is 22.7 Å². The van der Waals surface area contributed by atoms with Crippen LogP contribution in [0.25, 0.3) is 0 Å². The number of aryl methyl sites for hydroxylation is 2. The third kappa shape index (κ3) is 3.70. The first kappa shape index (κ1) is 15.3. The standard InChI is InChI=1S/C15H17BrClN3/c1-4-5-13-19-14(17)10(3)15(20-13)18-12-7-9(2)6-11(16)8-12/h6-8H,4-5H2,1-3H3,(H,18,19,20). The fraction of sp³-hybridized carbons (Fsp3) is 0.333. The predicted molar refractivity (Wildman–Crippen MR) is 87.9 cm³/mol. The van der Waals surface area contributed by atoms with Crippen molar-refractivity contribution in [2.75, 3.05) is 5.32 Å². The van der Waals surface area contributed by atoms with Crippen LogP contribution in [0.5, 0.6) is 0 Å². The molecule has 0 amide bonds. The molecule has 0 atom stereocenters. The SMILES string of the molecule is CCCc1nc(Cl)c(C)c(Nc2cc(C)cc(Br)c2)n1. The maximum Gasteiger partial charge on any atom is 0.138 e. The zero-order chi connectivity index (χ0) is 14.7. The molecule has 106 valence electrons. The van der Waals surface area contributed by atoms with Gasteiger partial charge >= 0.3 is 0 Å². The van der Waals surface area contributed by atoms with Gasteiger partial charge in [0, 0.05) is 22.1 Å². The van der Waals surface area contributed by atoms with Crippen molar-refractivity contribution in [2.45, 2.75) is 33.6 Å². The lowest BCUT2D eigenvalue weighted by molar-refractivity contribution is 0.833. The van der Waals surface area contributed by atoms with Crippen LogP contribution in [0, 0.1) is 13.8 Å². The third-order valence-electron chi connectivity index (χ3n) is 2.91. The molecule has 0 aliphatic rings. The average Bonchev–Trinajstić information content (AvgIpc) is 2.34. The molecule has 2 aromatic rings. The van der Waals surface area contributed by atoms with E-state index in [2.05, 4.69) is 57.2 Å². The Kier molecular flexibility index (Phi) is 5.00. The van der Waals surface area contributed by atoms with Crippen LogP contribution in [0.1, 0.15) is 30.3 Å². The maximum atomic E-state index is 6.18. The number of aromatic nitrogens is 2. The zero-order valence-corrected chi connectivity index (χ0v) is 14.1. The van der Waals surface area contributed by atoms with E-state index in [0.29, 0.717) is 5.15 Å². The van der Waals surface area contributed by atoms with E-state index in [1.165, 1.54) is 5.56 Å². The summed E-state index contributed by atoms with van der Waals surface area (Å²) in [7, 11) is 0. The summed E-state index contributed by atoms with van der Waals surface area (Å²) in [6.45, 7) is 6.07. The van der Waals surface area contributed by atoms with E-state index < -0.39 is 0 Å². The van der Waals surface area contributed by atoms with Gasteiger partial charge in [-0.15, -0.1) is 0 Å². The van der Waals surface area contributed by atoms with E-state index in [1.807, 2.05) is 13.0 Å². The van der Waals surface area contributed by atoms with Crippen molar-refractivity contribution in [1.82, 2.24) is 9.97 Å². The van der Waals surface area contributed by atoms with Gasteiger partial charge in [0.15, 0.2) is 0 Å². The summed E-state index contributed by atoms with van der Waals surface area (Å²) >= 11 is 9.68. The van der Waals surface area contributed by atoms with E-state index in [-0.39, 0.29) is 0 Å². The second kappa shape index (κ2) is 6.55. The molecule has 0 unspecified atom stereocenters. The highest BCUT2D eigenvalue weighted by atomic mass is 79.9. The van der Waals surface area contributed by atoms with Crippen molar-refractivity contribution in [3.63, 3.8) is 0 Å². The normalized spacial score (nSPS) is 10.7. The summed E-state index contributed by atoms with van der Waals surface area (Å²) in [6, 6.07) is 6.15. The Morgan fingerprint density at radius 3 is 2.60 bits per heavy atom. The number of halogens is 2. The number of nitrogens with zero attached hydrogens (tertiary/aromatic N) is 2. The minimum absolute atomic E-state index is 0.512. The Morgan fingerprint density at radius 1 is 1.20 bits per heavy atom. The fourth-order valence-corrected chi connectivity index (χ4v) is 2.73. The lowest BCUT2D eigenvalue weighted by Gasteiger charge is -2.12. The number of anilines is 2. The molecule has 0 fully saturated rings. The summed E-state index contributed by atoms with van der Waals surface area (Å²) in [6.07, 6.45) is 1.82. The molecule has 5 heteroatoms. The van der Waals surface area contributed by atoms with E-state index >= 15 is 0 Å². The van der Waals surface area contributed by atoms with Gasteiger partial charge in [-0.05, 0) is 44.0 Å². The number of hydrogen-bond acceptors (Lipinski definition) is 3. The predicted octanol–water partition coefficient (Wildman–Crippen LogP) is 5.21. The van der Waals surface area contributed by atoms with Crippen molar-refractivity contribution >= 4 is 39.0 Å². The van der Waals surface area contributed by atoms with Crippen molar-refractivity contribution in [1.29, 1.82) is 0 Å². The Bertz CT molecular complexity index is 609. The van der Waals surface area contributed by atoms with E-state index in [4.69, 9.17) is 11.6 Å². The minimum atomic E-state index is 0.512. The molecule has 0 radical (unpaired) electrons. The summed E-state index contributed by atoms with van der Waals surface area (Å²) in [5.74, 6) is 1.54. The number of rotatable bonds is 4. The van der Waals surface area contributed by atoms with Crippen LogP contribution in [0.2, 0.25) is 5.15 Å². The fourth-order valence-electron chi connectivity index (χ4n) is 1.94. The summed E-state index contributed by atoms with van der Waals surface area (Å²) < 4.78 is 1.03. The first-order chi connectivity index (χ1) is 9.49.